The topological polar surface area (TPSA) is 47.6 Å². The van der Waals surface area contributed by atoms with Gasteiger partial charge in [0.2, 0.25) is 0 Å². The van der Waals surface area contributed by atoms with Gasteiger partial charge in [0.25, 0.3) is 5.91 Å². The summed E-state index contributed by atoms with van der Waals surface area (Å²) in [5.74, 6) is 0.734. The molecule has 0 spiro atoms. The predicted molar refractivity (Wildman–Crippen MR) is 85.9 cm³/mol. The van der Waals surface area contributed by atoms with Gasteiger partial charge < -0.3 is 14.8 Å². The summed E-state index contributed by atoms with van der Waals surface area (Å²) in [6, 6.07) is 5.68. The first-order valence-corrected chi connectivity index (χ1v) is 7.57. The second kappa shape index (κ2) is 8.03. The number of carbonyl (C=O) groups is 1. The zero-order valence-electron chi connectivity index (χ0n) is 13.8. The molecule has 1 aromatic rings. The number of nitrogens with one attached hydrogen (secondary N) is 1. The second-order valence-corrected chi connectivity index (χ2v) is 5.42. The van der Waals surface area contributed by atoms with Gasteiger partial charge in [-0.25, -0.2) is 0 Å². The van der Waals surface area contributed by atoms with Crippen LogP contribution in [0, 0.1) is 6.92 Å². The van der Waals surface area contributed by atoms with Crippen LogP contribution in [0.3, 0.4) is 0 Å². The largest absolute Gasteiger partial charge is 0.493 e. The fourth-order valence-electron chi connectivity index (χ4n) is 1.88. The molecular formula is C17H27NO3. The van der Waals surface area contributed by atoms with Crippen molar-refractivity contribution in [2.75, 3.05) is 19.0 Å². The van der Waals surface area contributed by atoms with Crippen LogP contribution in [-0.4, -0.2) is 25.2 Å². The minimum absolute atomic E-state index is 0.133. The lowest BCUT2D eigenvalue weighted by Gasteiger charge is -2.25. The van der Waals surface area contributed by atoms with E-state index >= 15 is 0 Å². The molecule has 0 radical (unpaired) electrons. The van der Waals surface area contributed by atoms with Gasteiger partial charge in [-0.05, 0) is 50.5 Å². The van der Waals surface area contributed by atoms with Crippen molar-refractivity contribution in [3.05, 3.63) is 23.8 Å². The van der Waals surface area contributed by atoms with Gasteiger partial charge in [0.05, 0.1) is 6.61 Å². The maximum atomic E-state index is 12.2. The molecule has 0 saturated heterocycles. The predicted octanol–water partition coefficient (Wildman–Crippen LogP) is 3.93. The Morgan fingerprint density at radius 3 is 2.57 bits per heavy atom. The first-order valence-electron chi connectivity index (χ1n) is 7.57. The highest BCUT2D eigenvalue weighted by atomic mass is 16.5. The lowest BCUT2D eigenvalue weighted by molar-refractivity contribution is -0.136. The summed E-state index contributed by atoms with van der Waals surface area (Å²) in [4.78, 5) is 12.2. The molecule has 1 amide bonds. The summed E-state index contributed by atoms with van der Waals surface area (Å²) in [7, 11) is 1.55. The van der Waals surface area contributed by atoms with Crippen molar-refractivity contribution in [3.8, 4) is 5.75 Å². The number of carbonyl (C=O) groups excluding carboxylic acids is 1. The van der Waals surface area contributed by atoms with E-state index in [2.05, 4.69) is 12.2 Å². The highest BCUT2D eigenvalue weighted by Gasteiger charge is 2.30. The van der Waals surface area contributed by atoms with Crippen LogP contribution in [0.4, 0.5) is 5.69 Å². The van der Waals surface area contributed by atoms with Gasteiger partial charge in [0, 0.05) is 12.8 Å². The van der Waals surface area contributed by atoms with E-state index in [0.29, 0.717) is 6.42 Å². The lowest BCUT2D eigenvalue weighted by Crippen LogP contribution is -2.41. The Balaban J connectivity index is 2.73. The first-order chi connectivity index (χ1) is 9.96. The van der Waals surface area contributed by atoms with E-state index in [1.165, 1.54) is 0 Å². The third-order valence-electron chi connectivity index (χ3n) is 3.79. The van der Waals surface area contributed by atoms with Gasteiger partial charge in [-0.2, -0.15) is 0 Å². The number of hydrogen-bond acceptors (Lipinski definition) is 3. The zero-order valence-corrected chi connectivity index (χ0v) is 13.8. The molecule has 4 nitrogen and oxygen atoms in total. The number of anilines is 1. The molecule has 0 aliphatic carbocycles. The van der Waals surface area contributed by atoms with Crippen molar-refractivity contribution in [2.45, 2.75) is 52.6 Å². The number of ether oxygens (including phenoxy) is 2. The molecule has 1 aromatic carbocycles. The molecule has 0 saturated carbocycles. The first kappa shape index (κ1) is 17.5. The van der Waals surface area contributed by atoms with Gasteiger partial charge in [-0.1, -0.05) is 20.3 Å². The van der Waals surface area contributed by atoms with Gasteiger partial charge in [0.15, 0.2) is 0 Å². The maximum Gasteiger partial charge on any atom is 0.256 e. The van der Waals surface area contributed by atoms with E-state index in [4.69, 9.17) is 9.47 Å². The fourth-order valence-corrected chi connectivity index (χ4v) is 1.88. The molecule has 118 valence electrons. The van der Waals surface area contributed by atoms with Gasteiger partial charge >= 0.3 is 0 Å². The van der Waals surface area contributed by atoms with Gasteiger partial charge in [-0.15, -0.1) is 0 Å². The normalized spacial score (nSPS) is 13.6. The van der Waals surface area contributed by atoms with E-state index in [-0.39, 0.29) is 5.91 Å². The lowest BCUT2D eigenvalue weighted by atomic mass is 10.0. The number of hydrogen-bond donors (Lipinski definition) is 1. The Morgan fingerprint density at radius 1 is 1.33 bits per heavy atom. The SMILES string of the molecule is CCCCOc1ccc(NC(=O)[C@@](C)(CC)OC)cc1C. The Bertz CT molecular complexity index is 467. The monoisotopic (exact) mass is 293 g/mol. The minimum atomic E-state index is -0.801. The smallest absolute Gasteiger partial charge is 0.256 e. The molecule has 0 aromatic heterocycles. The number of rotatable bonds is 8. The van der Waals surface area contributed by atoms with E-state index in [0.717, 1.165) is 36.4 Å². The van der Waals surface area contributed by atoms with Crippen LogP contribution in [-0.2, 0) is 9.53 Å². The second-order valence-electron chi connectivity index (χ2n) is 5.42. The van der Waals surface area contributed by atoms with Crippen LogP contribution >= 0.6 is 0 Å². The minimum Gasteiger partial charge on any atom is -0.493 e. The summed E-state index contributed by atoms with van der Waals surface area (Å²) < 4.78 is 11.0. The molecule has 0 aliphatic rings. The number of aryl methyl sites for hydroxylation is 1. The highest BCUT2D eigenvalue weighted by Crippen LogP contribution is 2.24. The van der Waals surface area contributed by atoms with Crippen molar-refractivity contribution in [1.82, 2.24) is 0 Å². The standard InChI is InChI=1S/C17H27NO3/c1-6-8-11-21-15-10-9-14(12-13(15)3)18-16(19)17(4,7-2)20-5/h9-10,12H,6-8,11H2,1-5H3,(H,18,19)/t17-/m1/s1. The average molecular weight is 293 g/mol. The molecule has 1 N–H and O–H groups in total. The van der Waals surface area contributed by atoms with Crippen molar-refractivity contribution in [3.63, 3.8) is 0 Å². The van der Waals surface area contributed by atoms with Gasteiger partial charge in [0.1, 0.15) is 11.4 Å². The van der Waals surface area contributed by atoms with E-state index in [1.807, 2.05) is 32.0 Å². The zero-order chi connectivity index (χ0) is 15.9. The van der Waals surface area contributed by atoms with Crippen molar-refractivity contribution in [1.29, 1.82) is 0 Å². The van der Waals surface area contributed by atoms with Crippen LogP contribution in [0.1, 0.15) is 45.6 Å². The molecule has 0 fully saturated rings. The number of methoxy groups -OCH3 is 1. The van der Waals surface area contributed by atoms with E-state index in [1.54, 1.807) is 14.0 Å². The summed E-state index contributed by atoms with van der Waals surface area (Å²) >= 11 is 0. The van der Waals surface area contributed by atoms with Crippen LogP contribution in [0.5, 0.6) is 5.75 Å². The maximum absolute atomic E-state index is 12.2. The Hall–Kier alpha value is -1.55. The number of benzene rings is 1. The number of unbranched alkanes of at least 4 members (excludes halogenated alkanes) is 1. The molecule has 0 heterocycles. The average Bonchev–Trinajstić information content (AvgIpc) is 2.48. The van der Waals surface area contributed by atoms with Crippen molar-refractivity contribution >= 4 is 11.6 Å². The Kier molecular flexibility index (Phi) is 6.69. The quantitative estimate of drug-likeness (QED) is 0.739. The number of amides is 1. The molecule has 21 heavy (non-hydrogen) atoms. The molecule has 0 aliphatic heterocycles. The van der Waals surface area contributed by atoms with Crippen LogP contribution < -0.4 is 10.1 Å². The van der Waals surface area contributed by atoms with E-state index in [9.17, 15) is 4.79 Å². The van der Waals surface area contributed by atoms with Crippen LogP contribution in [0.25, 0.3) is 0 Å². The Morgan fingerprint density at radius 2 is 2.05 bits per heavy atom. The molecule has 0 unspecified atom stereocenters. The summed E-state index contributed by atoms with van der Waals surface area (Å²) in [5, 5.41) is 2.90. The third-order valence-corrected chi connectivity index (χ3v) is 3.79. The highest BCUT2D eigenvalue weighted by molar-refractivity contribution is 5.97. The summed E-state index contributed by atoms with van der Waals surface area (Å²) in [6.07, 6.45) is 2.77. The van der Waals surface area contributed by atoms with Crippen LogP contribution in [0.2, 0.25) is 0 Å². The Labute approximate surface area is 127 Å². The summed E-state index contributed by atoms with van der Waals surface area (Å²) in [6.45, 7) is 8.55. The molecule has 0 bridgehead atoms. The van der Waals surface area contributed by atoms with Crippen molar-refractivity contribution in [2.24, 2.45) is 0 Å². The molecular weight excluding hydrogens is 266 g/mol. The van der Waals surface area contributed by atoms with E-state index < -0.39 is 5.60 Å². The molecule has 1 atom stereocenters. The molecule has 4 heteroatoms. The molecule has 1 rings (SSSR count). The summed E-state index contributed by atoms with van der Waals surface area (Å²) in [5.41, 5.74) is 0.973. The fraction of sp³-hybridized carbons (Fsp3) is 0.588. The third kappa shape index (κ3) is 4.74. The van der Waals surface area contributed by atoms with Gasteiger partial charge in [-0.3, -0.25) is 4.79 Å². The van der Waals surface area contributed by atoms with Crippen LogP contribution in [0.15, 0.2) is 18.2 Å². The van der Waals surface area contributed by atoms with Crippen molar-refractivity contribution < 1.29 is 14.3 Å².